The number of hydrogen-bond acceptors (Lipinski definition) is 0. The zero-order valence-electron chi connectivity index (χ0n) is 6.77. The molecular formula is C7H18ClP. The quantitative estimate of drug-likeness (QED) is 0.556. The first kappa shape index (κ1) is 12.4. The van der Waals surface area contributed by atoms with Crippen molar-refractivity contribution in [2.75, 3.05) is 0 Å². The van der Waals surface area contributed by atoms with E-state index in [0.717, 1.165) is 5.92 Å². The number of halogens is 1. The van der Waals surface area contributed by atoms with Crippen molar-refractivity contribution in [2.45, 2.75) is 39.3 Å². The first-order valence-electron chi connectivity index (χ1n) is 3.27. The Morgan fingerprint density at radius 3 is 1.78 bits per heavy atom. The molecule has 0 nitrogen and oxygen atoms in total. The van der Waals surface area contributed by atoms with Gasteiger partial charge in [0.25, 0.3) is 0 Å². The van der Waals surface area contributed by atoms with E-state index in [1.165, 1.54) is 6.42 Å². The van der Waals surface area contributed by atoms with Gasteiger partial charge in [-0.25, -0.2) is 0 Å². The summed E-state index contributed by atoms with van der Waals surface area (Å²) in [5.74, 6) is 0.812. The third-order valence-electron chi connectivity index (χ3n) is 1.88. The monoisotopic (exact) mass is 168 g/mol. The maximum atomic E-state index is 2.88. The van der Waals surface area contributed by atoms with E-state index in [9.17, 15) is 0 Å². The van der Waals surface area contributed by atoms with Crippen molar-refractivity contribution in [3.05, 3.63) is 0 Å². The molecule has 0 heterocycles. The second-order valence-corrected chi connectivity index (χ2v) is 4.62. The van der Waals surface area contributed by atoms with Crippen LogP contribution in [0.15, 0.2) is 0 Å². The Hall–Kier alpha value is 0.720. The maximum Gasteiger partial charge on any atom is -0.0181 e. The molecule has 0 aromatic heterocycles. The van der Waals surface area contributed by atoms with Gasteiger partial charge in [-0.2, -0.15) is 0 Å². The van der Waals surface area contributed by atoms with Gasteiger partial charge >= 0.3 is 0 Å². The van der Waals surface area contributed by atoms with Gasteiger partial charge in [0.15, 0.2) is 0 Å². The molecule has 0 aliphatic carbocycles. The largest absolute Gasteiger partial charge is 0.147 e. The smallest absolute Gasteiger partial charge is 0.0181 e. The Kier molecular flexibility index (Phi) is 6.23. The molecule has 2 heteroatoms. The molecule has 2 unspecified atom stereocenters. The minimum Gasteiger partial charge on any atom is -0.147 e. The van der Waals surface area contributed by atoms with E-state index in [1.807, 2.05) is 0 Å². The van der Waals surface area contributed by atoms with Crippen LogP contribution in [0.1, 0.15) is 34.1 Å². The Balaban J connectivity index is 0. The Bertz CT molecular complexity index is 65.8. The molecular weight excluding hydrogens is 151 g/mol. The molecule has 0 radical (unpaired) electrons. The molecule has 0 fully saturated rings. The summed E-state index contributed by atoms with van der Waals surface area (Å²) in [5, 5.41) is 0.425. The van der Waals surface area contributed by atoms with Crippen LogP contribution in [-0.2, 0) is 0 Å². The highest BCUT2D eigenvalue weighted by molar-refractivity contribution is 7.18. The third-order valence-corrected chi connectivity index (χ3v) is 2.45. The van der Waals surface area contributed by atoms with Crippen molar-refractivity contribution in [3.63, 3.8) is 0 Å². The van der Waals surface area contributed by atoms with Gasteiger partial charge in [-0.15, -0.1) is 21.6 Å². The predicted octanol–water partition coefficient (Wildman–Crippen LogP) is 3.11. The summed E-state index contributed by atoms with van der Waals surface area (Å²) in [6.07, 6.45) is 1.27. The summed E-state index contributed by atoms with van der Waals surface area (Å²) < 4.78 is 0. The number of rotatable bonds is 2. The van der Waals surface area contributed by atoms with Gasteiger partial charge in [0, 0.05) is 0 Å². The van der Waals surface area contributed by atoms with Gasteiger partial charge in [0.05, 0.1) is 0 Å². The second-order valence-electron chi connectivity index (χ2n) is 3.13. The maximum absolute atomic E-state index is 2.88. The standard InChI is InChI=1S/C7H17P.ClH/c1-5-6(2)7(3,4)8;/h6H,5,8H2,1-4H3;1H. The first-order valence-corrected chi connectivity index (χ1v) is 3.85. The summed E-state index contributed by atoms with van der Waals surface area (Å²) in [4.78, 5) is 0. The van der Waals surface area contributed by atoms with Crippen LogP contribution in [0.25, 0.3) is 0 Å². The van der Waals surface area contributed by atoms with Gasteiger partial charge in [-0.05, 0) is 11.1 Å². The highest BCUT2D eigenvalue weighted by atomic mass is 35.5. The van der Waals surface area contributed by atoms with Crippen LogP contribution in [0, 0.1) is 5.92 Å². The van der Waals surface area contributed by atoms with Gasteiger partial charge in [-0.1, -0.05) is 34.1 Å². The molecule has 0 aliphatic rings. The van der Waals surface area contributed by atoms with Gasteiger partial charge in [-0.3, -0.25) is 0 Å². The number of hydrogen-bond donors (Lipinski definition) is 0. The van der Waals surface area contributed by atoms with E-state index in [-0.39, 0.29) is 12.4 Å². The fraction of sp³-hybridized carbons (Fsp3) is 1.00. The first-order chi connectivity index (χ1) is 3.48. The lowest BCUT2D eigenvalue weighted by Crippen LogP contribution is -2.19. The molecule has 58 valence electrons. The van der Waals surface area contributed by atoms with Crippen molar-refractivity contribution < 1.29 is 0 Å². The summed E-state index contributed by atoms with van der Waals surface area (Å²) >= 11 is 0. The van der Waals surface area contributed by atoms with E-state index in [0.29, 0.717) is 5.16 Å². The summed E-state index contributed by atoms with van der Waals surface area (Å²) in [6.45, 7) is 9.03. The molecule has 0 aromatic carbocycles. The molecule has 0 saturated heterocycles. The minimum absolute atomic E-state index is 0. The molecule has 0 bridgehead atoms. The zero-order valence-corrected chi connectivity index (χ0v) is 8.74. The van der Waals surface area contributed by atoms with Crippen LogP contribution in [-0.4, -0.2) is 5.16 Å². The predicted molar refractivity (Wildman–Crippen MR) is 50.5 cm³/mol. The molecule has 0 spiro atoms. The molecule has 0 aliphatic heterocycles. The normalized spacial score (nSPS) is 14.3. The topological polar surface area (TPSA) is 0 Å². The van der Waals surface area contributed by atoms with Crippen LogP contribution in [0.5, 0.6) is 0 Å². The lowest BCUT2D eigenvalue weighted by atomic mass is 9.95. The van der Waals surface area contributed by atoms with Crippen molar-refractivity contribution in [2.24, 2.45) is 5.92 Å². The molecule has 0 saturated carbocycles. The highest BCUT2D eigenvalue weighted by Gasteiger charge is 2.17. The van der Waals surface area contributed by atoms with Gasteiger partial charge in [0.1, 0.15) is 0 Å². The minimum atomic E-state index is 0. The third kappa shape index (κ3) is 5.18. The van der Waals surface area contributed by atoms with E-state index in [1.54, 1.807) is 0 Å². The highest BCUT2D eigenvalue weighted by Crippen LogP contribution is 2.28. The summed E-state index contributed by atoms with van der Waals surface area (Å²) in [5.41, 5.74) is 0. The van der Waals surface area contributed by atoms with Gasteiger partial charge < -0.3 is 0 Å². The lowest BCUT2D eigenvalue weighted by molar-refractivity contribution is 0.447. The van der Waals surface area contributed by atoms with Crippen LogP contribution < -0.4 is 0 Å². The summed E-state index contributed by atoms with van der Waals surface area (Å²) in [7, 11) is 2.88. The zero-order chi connectivity index (χ0) is 6.78. The van der Waals surface area contributed by atoms with E-state index < -0.39 is 0 Å². The molecule has 9 heavy (non-hydrogen) atoms. The fourth-order valence-corrected chi connectivity index (χ4v) is 0.762. The Morgan fingerprint density at radius 1 is 1.44 bits per heavy atom. The summed E-state index contributed by atoms with van der Waals surface area (Å²) in [6, 6.07) is 0. The second kappa shape index (κ2) is 4.52. The van der Waals surface area contributed by atoms with Crippen LogP contribution in [0.2, 0.25) is 0 Å². The lowest BCUT2D eigenvalue weighted by Gasteiger charge is -2.25. The SMILES string of the molecule is CCC(C)C(C)(C)P.Cl. The van der Waals surface area contributed by atoms with Crippen LogP contribution in [0.4, 0.5) is 0 Å². The van der Waals surface area contributed by atoms with Crippen molar-refractivity contribution in [1.82, 2.24) is 0 Å². The van der Waals surface area contributed by atoms with Gasteiger partial charge in [0.2, 0.25) is 0 Å². The van der Waals surface area contributed by atoms with E-state index in [2.05, 4.69) is 36.9 Å². The van der Waals surface area contributed by atoms with Crippen molar-refractivity contribution in [3.8, 4) is 0 Å². The molecule has 2 atom stereocenters. The van der Waals surface area contributed by atoms with E-state index >= 15 is 0 Å². The van der Waals surface area contributed by atoms with E-state index in [4.69, 9.17) is 0 Å². The molecule has 0 N–H and O–H groups in total. The fourth-order valence-electron chi connectivity index (χ4n) is 0.526. The Labute approximate surface area is 67.4 Å². The average molecular weight is 169 g/mol. The van der Waals surface area contributed by atoms with Crippen LogP contribution >= 0.6 is 21.6 Å². The molecule has 0 rings (SSSR count). The molecule has 0 amide bonds. The average Bonchev–Trinajstić information content (AvgIpc) is 1.62. The van der Waals surface area contributed by atoms with Crippen molar-refractivity contribution in [1.29, 1.82) is 0 Å². The van der Waals surface area contributed by atoms with Crippen molar-refractivity contribution >= 4 is 21.6 Å². The van der Waals surface area contributed by atoms with Crippen LogP contribution in [0.3, 0.4) is 0 Å². The molecule has 0 aromatic rings. The Morgan fingerprint density at radius 2 is 1.78 bits per heavy atom.